The molecule has 0 spiro atoms. The van der Waals surface area contributed by atoms with Crippen LogP contribution < -0.4 is 0 Å². The summed E-state index contributed by atoms with van der Waals surface area (Å²) in [7, 11) is 0. The van der Waals surface area contributed by atoms with Gasteiger partial charge in [-0.05, 0) is 32.0 Å². The summed E-state index contributed by atoms with van der Waals surface area (Å²) >= 11 is 1.35. The van der Waals surface area contributed by atoms with Crippen molar-refractivity contribution < 1.29 is 13.4 Å². The number of hydrogen-bond donors (Lipinski definition) is 0. The maximum atomic E-state index is 5.67. The van der Waals surface area contributed by atoms with Gasteiger partial charge in [0.05, 0.1) is 17.1 Å². The van der Waals surface area contributed by atoms with Crippen molar-refractivity contribution in [2.45, 2.75) is 24.3 Å². The van der Waals surface area contributed by atoms with Crippen LogP contribution in [0.2, 0.25) is 0 Å². The molecule has 1 atom stereocenters. The van der Waals surface area contributed by atoms with Gasteiger partial charge in [-0.3, -0.25) is 4.98 Å². The van der Waals surface area contributed by atoms with Gasteiger partial charge in [-0.1, -0.05) is 16.9 Å². The summed E-state index contributed by atoms with van der Waals surface area (Å²) in [6, 6.07) is 5.48. The van der Waals surface area contributed by atoms with Crippen molar-refractivity contribution in [2.75, 3.05) is 0 Å². The van der Waals surface area contributed by atoms with Crippen LogP contribution in [0.4, 0.5) is 0 Å². The Labute approximate surface area is 146 Å². The van der Waals surface area contributed by atoms with E-state index in [1.807, 2.05) is 26.0 Å². The van der Waals surface area contributed by atoms with Crippen molar-refractivity contribution in [3.05, 3.63) is 48.5 Å². The van der Waals surface area contributed by atoms with E-state index in [-0.39, 0.29) is 5.25 Å². The molecule has 4 heterocycles. The lowest BCUT2D eigenvalue weighted by Gasteiger charge is -2.00. The summed E-state index contributed by atoms with van der Waals surface area (Å²) in [6.45, 7) is 3.77. The molecule has 126 valence electrons. The molecule has 0 aliphatic carbocycles. The lowest BCUT2D eigenvalue weighted by atomic mass is 10.3. The minimum absolute atomic E-state index is 0.142. The van der Waals surface area contributed by atoms with Crippen molar-refractivity contribution in [3.63, 3.8) is 0 Å². The Morgan fingerprint density at radius 2 is 2.12 bits per heavy atom. The molecule has 4 aromatic heterocycles. The molecule has 0 aliphatic rings. The first-order valence-corrected chi connectivity index (χ1v) is 8.37. The first kappa shape index (κ1) is 15.6. The Kier molecular flexibility index (Phi) is 4.06. The molecular weight excluding hydrogens is 342 g/mol. The van der Waals surface area contributed by atoms with Crippen LogP contribution in [0, 0.1) is 6.92 Å². The lowest BCUT2D eigenvalue weighted by Crippen LogP contribution is -1.89. The largest absolute Gasteiger partial charge is 0.469 e. The Morgan fingerprint density at radius 1 is 1.20 bits per heavy atom. The highest BCUT2D eigenvalue weighted by molar-refractivity contribution is 7.99. The summed E-state index contributed by atoms with van der Waals surface area (Å²) < 4.78 is 16.3. The highest BCUT2D eigenvalue weighted by Gasteiger charge is 2.20. The second-order valence-corrected chi connectivity index (χ2v) is 6.51. The van der Waals surface area contributed by atoms with Crippen molar-refractivity contribution in [3.8, 4) is 22.8 Å². The van der Waals surface area contributed by atoms with Crippen LogP contribution in [0.15, 0.2) is 55.4 Å². The molecular formula is C16H13N5O3S. The van der Waals surface area contributed by atoms with Crippen LogP contribution in [0.1, 0.15) is 23.8 Å². The van der Waals surface area contributed by atoms with Gasteiger partial charge in [0.2, 0.25) is 11.7 Å². The molecule has 0 aromatic carbocycles. The van der Waals surface area contributed by atoms with E-state index in [1.165, 1.54) is 11.8 Å². The first-order chi connectivity index (χ1) is 12.2. The second-order valence-electron chi connectivity index (χ2n) is 5.22. The number of pyridine rings is 1. The number of aryl methyl sites for hydroxylation is 1. The van der Waals surface area contributed by atoms with Crippen LogP contribution >= 0.6 is 11.8 Å². The molecule has 0 bridgehead atoms. The molecule has 0 saturated carbocycles. The van der Waals surface area contributed by atoms with Gasteiger partial charge in [0.15, 0.2) is 0 Å². The molecule has 0 amide bonds. The third-order valence-electron chi connectivity index (χ3n) is 3.48. The number of hydrogen-bond acceptors (Lipinski definition) is 9. The van der Waals surface area contributed by atoms with Gasteiger partial charge in [0.1, 0.15) is 5.76 Å². The van der Waals surface area contributed by atoms with Gasteiger partial charge >= 0.3 is 0 Å². The summed E-state index contributed by atoms with van der Waals surface area (Å²) in [4.78, 5) is 8.45. The Morgan fingerprint density at radius 3 is 2.88 bits per heavy atom. The molecule has 0 aliphatic heterocycles. The average molecular weight is 355 g/mol. The van der Waals surface area contributed by atoms with Gasteiger partial charge in [-0.25, -0.2) is 0 Å². The summed E-state index contributed by atoms with van der Waals surface area (Å²) in [5, 5.41) is 12.4. The third kappa shape index (κ3) is 3.18. The Bertz CT molecular complexity index is 979. The van der Waals surface area contributed by atoms with Crippen LogP contribution in [0.25, 0.3) is 22.8 Å². The molecule has 4 rings (SSSR count). The predicted octanol–water partition coefficient (Wildman–Crippen LogP) is 3.94. The van der Waals surface area contributed by atoms with Gasteiger partial charge in [-0.15, -0.1) is 10.2 Å². The van der Waals surface area contributed by atoms with E-state index in [2.05, 4.69) is 25.3 Å². The van der Waals surface area contributed by atoms with E-state index in [1.54, 1.807) is 24.7 Å². The predicted molar refractivity (Wildman–Crippen MR) is 88.5 cm³/mol. The molecule has 0 N–H and O–H groups in total. The van der Waals surface area contributed by atoms with E-state index in [4.69, 9.17) is 13.4 Å². The topological polar surface area (TPSA) is 104 Å². The van der Waals surface area contributed by atoms with Gasteiger partial charge in [-0.2, -0.15) is 4.98 Å². The number of nitrogens with zero attached hydrogens (tertiary/aromatic N) is 5. The molecule has 9 heteroatoms. The maximum absolute atomic E-state index is 5.67. The minimum Gasteiger partial charge on any atom is -0.469 e. The Balaban J connectivity index is 1.49. The molecule has 0 unspecified atom stereocenters. The molecule has 0 saturated heterocycles. The molecule has 0 fully saturated rings. The van der Waals surface area contributed by atoms with Crippen LogP contribution in [0.5, 0.6) is 0 Å². The van der Waals surface area contributed by atoms with Crippen molar-refractivity contribution in [1.82, 2.24) is 25.3 Å². The van der Waals surface area contributed by atoms with E-state index in [9.17, 15) is 0 Å². The monoisotopic (exact) mass is 355 g/mol. The maximum Gasteiger partial charge on any atom is 0.277 e. The number of thioether (sulfide) groups is 1. The van der Waals surface area contributed by atoms with Crippen LogP contribution in [-0.2, 0) is 0 Å². The van der Waals surface area contributed by atoms with E-state index in [0.29, 0.717) is 22.8 Å². The summed E-state index contributed by atoms with van der Waals surface area (Å²) in [5.41, 5.74) is 1.58. The van der Waals surface area contributed by atoms with Crippen molar-refractivity contribution >= 4 is 11.8 Å². The van der Waals surface area contributed by atoms with Gasteiger partial charge in [0, 0.05) is 18.0 Å². The molecule has 25 heavy (non-hydrogen) atoms. The highest BCUT2D eigenvalue weighted by atomic mass is 32.2. The smallest absolute Gasteiger partial charge is 0.277 e. The van der Waals surface area contributed by atoms with Gasteiger partial charge in [0.25, 0.3) is 11.1 Å². The van der Waals surface area contributed by atoms with Crippen LogP contribution in [0.3, 0.4) is 0 Å². The number of furan rings is 1. The SMILES string of the molecule is Cc1occc1-c1nnc(S[C@H](C)c2nc(-c3cccnc3)no2)o1. The standard InChI is InChI=1S/C16H13N5O3S/c1-9-12(5-7-22-9)15-19-20-16(23-15)25-10(2)14-18-13(21-24-14)11-4-3-6-17-8-11/h3-8,10H,1-2H3/t10-/m1/s1. The molecule has 0 radical (unpaired) electrons. The summed E-state index contributed by atoms with van der Waals surface area (Å²) in [5.74, 6) is 2.12. The summed E-state index contributed by atoms with van der Waals surface area (Å²) in [6.07, 6.45) is 4.96. The lowest BCUT2D eigenvalue weighted by molar-refractivity contribution is 0.379. The fraction of sp³-hybridized carbons (Fsp3) is 0.188. The molecule has 4 aromatic rings. The highest BCUT2D eigenvalue weighted by Crippen LogP contribution is 2.35. The number of rotatable bonds is 5. The fourth-order valence-electron chi connectivity index (χ4n) is 2.19. The third-order valence-corrected chi connectivity index (χ3v) is 4.40. The zero-order chi connectivity index (χ0) is 17.2. The van der Waals surface area contributed by atoms with E-state index in [0.717, 1.165) is 16.9 Å². The van der Waals surface area contributed by atoms with Gasteiger partial charge < -0.3 is 13.4 Å². The quantitative estimate of drug-likeness (QED) is 0.492. The van der Waals surface area contributed by atoms with Crippen LogP contribution in [-0.4, -0.2) is 25.3 Å². The zero-order valence-electron chi connectivity index (χ0n) is 13.4. The second kappa shape index (κ2) is 6.52. The Hall–Kier alpha value is -2.94. The number of aromatic nitrogens is 5. The van der Waals surface area contributed by atoms with E-state index >= 15 is 0 Å². The zero-order valence-corrected chi connectivity index (χ0v) is 14.2. The molecule has 8 nitrogen and oxygen atoms in total. The van der Waals surface area contributed by atoms with E-state index < -0.39 is 0 Å². The van der Waals surface area contributed by atoms with Crippen molar-refractivity contribution in [1.29, 1.82) is 0 Å². The minimum atomic E-state index is -0.142. The average Bonchev–Trinajstić information content (AvgIpc) is 3.36. The van der Waals surface area contributed by atoms with Crippen molar-refractivity contribution in [2.24, 2.45) is 0 Å². The first-order valence-electron chi connectivity index (χ1n) is 7.49. The normalized spacial score (nSPS) is 12.4. The fourth-order valence-corrected chi connectivity index (χ4v) is 2.90.